The zero-order valence-corrected chi connectivity index (χ0v) is 14.7. The molecule has 2 fully saturated rings. The van der Waals surface area contributed by atoms with Crippen LogP contribution in [0, 0.1) is 6.92 Å². The summed E-state index contributed by atoms with van der Waals surface area (Å²) in [5.41, 5.74) is 2.39. The van der Waals surface area contributed by atoms with Crippen LogP contribution >= 0.6 is 0 Å². The summed E-state index contributed by atoms with van der Waals surface area (Å²) in [5, 5.41) is 7.57. The molecule has 0 spiro atoms. The van der Waals surface area contributed by atoms with E-state index in [9.17, 15) is 4.79 Å². The molecule has 0 unspecified atom stereocenters. The Bertz CT molecular complexity index is 781. The molecule has 2 heterocycles. The number of carbonyl (C=O) groups excluding carboxylic acids is 1. The number of hydrogen-bond acceptors (Lipinski definition) is 4. The molecule has 2 aliphatic rings. The lowest BCUT2D eigenvalue weighted by Crippen LogP contribution is -2.37. The third-order valence-corrected chi connectivity index (χ3v) is 5.02. The summed E-state index contributed by atoms with van der Waals surface area (Å²) < 4.78 is 7.11. The smallest absolute Gasteiger partial charge is 0.272 e. The van der Waals surface area contributed by atoms with Gasteiger partial charge in [-0.15, -0.1) is 0 Å². The minimum absolute atomic E-state index is 0.104. The summed E-state index contributed by atoms with van der Waals surface area (Å²) in [4.78, 5) is 15.0. The van der Waals surface area contributed by atoms with Crippen LogP contribution in [0.3, 0.4) is 0 Å². The van der Waals surface area contributed by atoms with E-state index in [2.05, 4.69) is 15.3 Å². The summed E-state index contributed by atoms with van der Waals surface area (Å²) in [6, 6.07) is 8.65. The van der Waals surface area contributed by atoms with Crippen molar-refractivity contribution in [1.82, 2.24) is 20.0 Å². The monoisotopic (exact) mass is 340 g/mol. The minimum Gasteiger partial charge on any atom is -0.494 e. The number of aromatic nitrogens is 2. The molecule has 132 valence electrons. The molecule has 1 atom stereocenters. The quantitative estimate of drug-likeness (QED) is 0.906. The van der Waals surface area contributed by atoms with Crippen molar-refractivity contribution in [3.63, 3.8) is 0 Å². The van der Waals surface area contributed by atoms with Gasteiger partial charge < -0.3 is 10.1 Å². The van der Waals surface area contributed by atoms with E-state index < -0.39 is 0 Å². The standard InChI is InChI=1S/C19H24N4O2/c1-13-3-6-18(25-2)17(11-13)23-10-8-16(21-23)19(24)20-14-7-9-22(12-14)15-4-5-15/h3,6,8,10-11,14-15H,4-5,7,9,12H2,1-2H3,(H,20,24)/t14-/m0/s1. The molecule has 4 rings (SSSR count). The molecule has 1 N–H and O–H groups in total. The van der Waals surface area contributed by atoms with E-state index in [1.54, 1.807) is 24.1 Å². The van der Waals surface area contributed by atoms with Gasteiger partial charge in [-0.3, -0.25) is 9.69 Å². The largest absolute Gasteiger partial charge is 0.494 e. The lowest BCUT2D eigenvalue weighted by molar-refractivity contribution is 0.0932. The number of aryl methyl sites for hydroxylation is 1. The number of benzene rings is 1. The van der Waals surface area contributed by atoms with Crippen LogP contribution in [0.1, 0.15) is 35.3 Å². The Morgan fingerprint density at radius 2 is 2.12 bits per heavy atom. The van der Waals surface area contributed by atoms with E-state index in [4.69, 9.17) is 4.74 Å². The molecular weight excluding hydrogens is 316 g/mol. The van der Waals surface area contributed by atoms with Crippen LogP contribution in [0.5, 0.6) is 5.75 Å². The molecule has 1 saturated heterocycles. The molecule has 6 heteroatoms. The van der Waals surface area contributed by atoms with Crippen molar-refractivity contribution in [3.05, 3.63) is 41.7 Å². The number of carbonyl (C=O) groups is 1. The van der Waals surface area contributed by atoms with E-state index in [1.807, 2.05) is 25.1 Å². The molecule has 1 amide bonds. The van der Waals surface area contributed by atoms with Crippen LogP contribution in [-0.2, 0) is 0 Å². The molecule has 25 heavy (non-hydrogen) atoms. The van der Waals surface area contributed by atoms with Crippen LogP contribution in [0.25, 0.3) is 5.69 Å². The van der Waals surface area contributed by atoms with Crippen LogP contribution in [0.4, 0.5) is 0 Å². The van der Waals surface area contributed by atoms with Crippen molar-refractivity contribution >= 4 is 5.91 Å². The van der Waals surface area contributed by atoms with E-state index in [0.717, 1.165) is 42.6 Å². The van der Waals surface area contributed by atoms with Gasteiger partial charge in [0.1, 0.15) is 11.4 Å². The van der Waals surface area contributed by atoms with Gasteiger partial charge in [0.05, 0.1) is 7.11 Å². The second kappa shape index (κ2) is 6.52. The van der Waals surface area contributed by atoms with Crippen LogP contribution < -0.4 is 10.1 Å². The number of ether oxygens (including phenoxy) is 1. The highest BCUT2D eigenvalue weighted by molar-refractivity contribution is 5.92. The van der Waals surface area contributed by atoms with Crippen molar-refractivity contribution in [3.8, 4) is 11.4 Å². The first-order chi connectivity index (χ1) is 12.1. The molecule has 0 bridgehead atoms. The predicted octanol–water partition coefficient (Wildman–Crippen LogP) is 2.16. The van der Waals surface area contributed by atoms with Gasteiger partial charge in [0.15, 0.2) is 5.69 Å². The van der Waals surface area contributed by atoms with Gasteiger partial charge in [-0.05, 0) is 49.9 Å². The Kier molecular flexibility index (Phi) is 4.21. The Morgan fingerprint density at radius 3 is 2.88 bits per heavy atom. The van der Waals surface area contributed by atoms with Crippen LogP contribution in [0.2, 0.25) is 0 Å². The Labute approximate surface area is 147 Å². The van der Waals surface area contributed by atoms with Crippen molar-refractivity contribution in [2.75, 3.05) is 20.2 Å². The molecule has 1 aliphatic carbocycles. The second-order valence-electron chi connectivity index (χ2n) is 7.01. The molecule has 1 aliphatic heterocycles. The fraction of sp³-hybridized carbons (Fsp3) is 0.474. The molecule has 2 aromatic rings. The van der Waals surface area contributed by atoms with Crippen molar-refractivity contribution in [2.45, 2.75) is 38.3 Å². The van der Waals surface area contributed by atoms with Crippen molar-refractivity contribution in [2.24, 2.45) is 0 Å². The summed E-state index contributed by atoms with van der Waals surface area (Å²) in [7, 11) is 1.64. The third kappa shape index (κ3) is 3.39. The molecule has 6 nitrogen and oxygen atoms in total. The molecule has 0 radical (unpaired) electrons. The van der Waals surface area contributed by atoms with Crippen LogP contribution in [0.15, 0.2) is 30.5 Å². The predicted molar refractivity (Wildman–Crippen MR) is 95.3 cm³/mol. The molecule has 1 aromatic carbocycles. The molecule has 1 aromatic heterocycles. The molecule has 1 saturated carbocycles. The number of nitrogens with zero attached hydrogens (tertiary/aromatic N) is 3. The topological polar surface area (TPSA) is 59.4 Å². The van der Waals surface area contributed by atoms with Gasteiger partial charge in [0.2, 0.25) is 0 Å². The highest BCUT2D eigenvalue weighted by Gasteiger charge is 2.35. The highest BCUT2D eigenvalue weighted by atomic mass is 16.5. The maximum Gasteiger partial charge on any atom is 0.272 e. The number of nitrogens with one attached hydrogen (secondary N) is 1. The lowest BCUT2D eigenvalue weighted by atomic mass is 10.2. The van der Waals surface area contributed by atoms with E-state index in [0.29, 0.717) is 5.69 Å². The number of hydrogen-bond donors (Lipinski definition) is 1. The number of rotatable bonds is 5. The van der Waals surface area contributed by atoms with Gasteiger partial charge in [0.25, 0.3) is 5.91 Å². The maximum atomic E-state index is 12.5. The van der Waals surface area contributed by atoms with E-state index in [1.165, 1.54) is 12.8 Å². The number of amides is 1. The highest BCUT2D eigenvalue weighted by Crippen LogP contribution is 2.30. The zero-order valence-electron chi connectivity index (χ0n) is 14.7. The summed E-state index contributed by atoms with van der Waals surface area (Å²) in [6.45, 7) is 4.07. The van der Waals surface area contributed by atoms with Gasteiger partial charge in [0, 0.05) is 31.4 Å². The summed E-state index contributed by atoms with van der Waals surface area (Å²) in [6.07, 6.45) is 5.44. The Morgan fingerprint density at radius 1 is 1.28 bits per heavy atom. The fourth-order valence-electron chi connectivity index (χ4n) is 3.49. The Balaban J connectivity index is 1.45. The Hall–Kier alpha value is -2.34. The maximum absolute atomic E-state index is 12.5. The number of methoxy groups -OCH3 is 1. The molecular formula is C19H24N4O2. The van der Waals surface area contributed by atoms with Gasteiger partial charge in [-0.2, -0.15) is 5.10 Å². The first-order valence-corrected chi connectivity index (χ1v) is 8.89. The first kappa shape index (κ1) is 16.1. The number of likely N-dealkylation sites (tertiary alicyclic amines) is 1. The van der Waals surface area contributed by atoms with Gasteiger partial charge in [-0.25, -0.2) is 4.68 Å². The van der Waals surface area contributed by atoms with Gasteiger partial charge in [-0.1, -0.05) is 6.07 Å². The SMILES string of the molecule is COc1ccc(C)cc1-n1ccc(C(=O)N[C@H]2CCN(C3CC3)C2)n1. The van der Waals surface area contributed by atoms with E-state index in [-0.39, 0.29) is 11.9 Å². The second-order valence-corrected chi connectivity index (χ2v) is 7.01. The average molecular weight is 340 g/mol. The lowest BCUT2D eigenvalue weighted by Gasteiger charge is -2.15. The third-order valence-electron chi connectivity index (χ3n) is 5.02. The van der Waals surface area contributed by atoms with Crippen molar-refractivity contribution in [1.29, 1.82) is 0 Å². The first-order valence-electron chi connectivity index (χ1n) is 8.89. The normalized spacial score (nSPS) is 20.6. The van der Waals surface area contributed by atoms with Gasteiger partial charge >= 0.3 is 0 Å². The average Bonchev–Trinajstić information content (AvgIpc) is 3.16. The fourth-order valence-corrected chi connectivity index (χ4v) is 3.49. The zero-order chi connectivity index (χ0) is 17.4. The van der Waals surface area contributed by atoms with E-state index >= 15 is 0 Å². The minimum atomic E-state index is -0.104. The summed E-state index contributed by atoms with van der Waals surface area (Å²) in [5.74, 6) is 0.629. The van der Waals surface area contributed by atoms with Crippen LogP contribution in [-0.4, -0.2) is 52.9 Å². The van der Waals surface area contributed by atoms with Crippen molar-refractivity contribution < 1.29 is 9.53 Å². The summed E-state index contributed by atoms with van der Waals surface area (Å²) >= 11 is 0.